The van der Waals surface area contributed by atoms with Gasteiger partial charge in [-0.15, -0.1) is 12.3 Å². The Morgan fingerprint density at radius 3 is 2.39 bits per heavy atom. The second-order valence-electron chi connectivity index (χ2n) is 11.0. The molecular weight excluding hydrogens is 638 g/mol. The number of likely N-dealkylation sites (tertiary alicyclic amines) is 1. The highest BCUT2D eigenvalue weighted by Gasteiger charge is 2.26. The van der Waals surface area contributed by atoms with Gasteiger partial charge in [-0.05, 0) is 75.4 Å². The van der Waals surface area contributed by atoms with Crippen LogP contribution in [0.15, 0.2) is 90.7 Å². The molecule has 1 aromatic heterocycles. The highest BCUT2D eigenvalue weighted by atomic mass is 35.5. The fraction of sp³-hybridized carbons (Fsp3) is 0.375. The first kappa shape index (κ1) is 42.6. The number of ether oxygens (including phenoxy) is 1. The standard InChI is InChI=1S/C22H22N2O2.C9H17NO3.C7H7Cl.C2H6/c1-3-4-5-6-9-18(2)16-26-22-11-8-7-10-21(22)19-12-13-20(24-14-19)15-23-17-25;1-7(11)8(12)9(13)10-5-3-2-4-6-10;1-6-3-2-4-7(8)5-6;1-2/h1,5-14,17H,4,15-16H2,2H3,(H,23,25);7-8,11-12H,2-6H2,1H3;2-5H,1H3;1-2H3/b6-5-,18-9+;;;. The number of aryl methyl sites for hydroxylation is 1. The lowest BCUT2D eigenvalue weighted by Gasteiger charge is -2.29. The van der Waals surface area contributed by atoms with Crippen LogP contribution in [0.1, 0.15) is 64.6 Å². The Bertz CT molecular complexity index is 1460. The highest BCUT2D eigenvalue weighted by molar-refractivity contribution is 6.30. The number of nitrogens with one attached hydrogen (secondary N) is 1. The number of piperidine rings is 1. The first-order chi connectivity index (χ1) is 23.7. The van der Waals surface area contributed by atoms with Crippen molar-refractivity contribution in [1.82, 2.24) is 15.2 Å². The number of allylic oxidation sites excluding steroid dienone is 3. The summed E-state index contributed by atoms with van der Waals surface area (Å²) in [6.45, 7) is 11.8. The minimum Gasteiger partial charge on any atom is -0.489 e. The molecule has 1 fully saturated rings. The largest absolute Gasteiger partial charge is 0.489 e. The zero-order valence-corrected chi connectivity index (χ0v) is 30.2. The Balaban J connectivity index is 0.000000429. The molecule has 1 aliphatic heterocycles. The minimum absolute atomic E-state index is 0.338. The van der Waals surface area contributed by atoms with Crippen LogP contribution in [0.25, 0.3) is 11.1 Å². The van der Waals surface area contributed by atoms with Crippen LogP contribution in [-0.2, 0) is 16.1 Å². The third-order valence-corrected chi connectivity index (χ3v) is 7.19. The molecule has 3 aromatic rings. The van der Waals surface area contributed by atoms with Crippen molar-refractivity contribution < 1.29 is 24.5 Å². The summed E-state index contributed by atoms with van der Waals surface area (Å²) < 4.78 is 5.98. The van der Waals surface area contributed by atoms with Gasteiger partial charge in [-0.1, -0.05) is 80.1 Å². The molecule has 4 rings (SSSR count). The summed E-state index contributed by atoms with van der Waals surface area (Å²) in [4.78, 5) is 27.8. The van der Waals surface area contributed by atoms with Gasteiger partial charge in [-0.2, -0.15) is 0 Å². The number of carbonyl (C=O) groups is 2. The lowest BCUT2D eigenvalue weighted by Crippen LogP contribution is -2.46. The van der Waals surface area contributed by atoms with Crippen molar-refractivity contribution in [3.8, 4) is 29.2 Å². The number of aliphatic hydroxyl groups excluding tert-OH is 2. The summed E-state index contributed by atoms with van der Waals surface area (Å²) in [6, 6.07) is 19.5. The van der Waals surface area contributed by atoms with Crippen molar-refractivity contribution in [2.45, 2.75) is 79.1 Å². The molecule has 2 amide bonds. The molecule has 1 aliphatic rings. The quantitative estimate of drug-likeness (QED) is 0.111. The third kappa shape index (κ3) is 17.5. The lowest BCUT2D eigenvalue weighted by molar-refractivity contribution is -0.146. The van der Waals surface area contributed by atoms with E-state index in [1.165, 1.54) is 12.5 Å². The number of halogens is 1. The second-order valence-corrected chi connectivity index (χ2v) is 11.5. The predicted octanol–water partition coefficient (Wildman–Crippen LogP) is 7.31. The van der Waals surface area contributed by atoms with Gasteiger partial charge in [0.25, 0.3) is 5.91 Å². The first-order valence-corrected chi connectivity index (χ1v) is 17.0. The van der Waals surface area contributed by atoms with E-state index in [1.54, 1.807) is 11.1 Å². The molecular formula is C40H52ClN3O5. The summed E-state index contributed by atoms with van der Waals surface area (Å²) in [7, 11) is 0. The Morgan fingerprint density at radius 1 is 1.10 bits per heavy atom. The molecule has 2 heterocycles. The second kappa shape index (κ2) is 25.6. The monoisotopic (exact) mass is 689 g/mol. The van der Waals surface area contributed by atoms with E-state index in [0.717, 1.165) is 52.4 Å². The molecule has 264 valence electrons. The van der Waals surface area contributed by atoms with Crippen LogP contribution in [0.4, 0.5) is 0 Å². The van der Waals surface area contributed by atoms with Crippen molar-refractivity contribution in [2.24, 2.45) is 0 Å². The summed E-state index contributed by atoms with van der Waals surface area (Å²) in [5, 5.41) is 21.7. The number of aliphatic hydroxyl groups is 2. The van der Waals surface area contributed by atoms with Crippen LogP contribution in [0.2, 0.25) is 5.02 Å². The van der Waals surface area contributed by atoms with Gasteiger partial charge in [0.1, 0.15) is 12.4 Å². The van der Waals surface area contributed by atoms with Crippen LogP contribution >= 0.6 is 11.6 Å². The van der Waals surface area contributed by atoms with Gasteiger partial charge in [-0.25, -0.2) is 0 Å². The summed E-state index contributed by atoms with van der Waals surface area (Å²) in [5.41, 5.74) is 5.05. The van der Waals surface area contributed by atoms with Crippen molar-refractivity contribution in [3.05, 3.63) is 107 Å². The summed E-state index contributed by atoms with van der Waals surface area (Å²) in [5.74, 6) is 3.03. The van der Waals surface area contributed by atoms with Crippen LogP contribution < -0.4 is 10.1 Å². The van der Waals surface area contributed by atoms with E-state index in [2.05, 4.69) is 16.2 Å². The number of nitrogens with zero attached hydrogens (tertiary/aromatic N) is 2. The fourth-order valence-corrected chi connectivity index (χ4v) is 4.63. The molecule has 49 heavy (non-hydrogen) atoms. The Hall–Kier alpha value is -4.42. The molecule has 0 spiro atoms. The number of amides is 2. The number of benzene rings is 2. The molecule has 2 atom stereocenters. The number of hydrogen-bond donors (Lipinski definition) is 3. The maximum absolute atomic E-state index is 11.5. The molecule has 2 aromatic carbocycles. The van der Waals surface area contributed by atoms with E-state index in [1.807, 2.05) is 107 Å². The zero-order valence-electron chi connectivity index (χ0n) is 29.4. The van der Waals surface area contributed by atoms with Crippen molar-refractivity contribution in [3.63, 3.8) is 0 Å². The molecule has 0 bridgehead atoms. The van der Waals surface area contributed by atoms with Crippen molar-refractivity contribution in [2.75, 3.05) is 19.7 Å². The summed E-state index contributed by atoms with van der Waals surface area (Å²) in [6.07, 6.45) is 15.1. The number of terminal acetylenes is 1. The van der Waals surface area contributed by atoms with Gasteiger partial charge in [-0.3, -0.25) is 14.6 Å². The molecule has 1 saturated heterocycles. The average molecular weight is 690 g/mol. The number of rotatable bonds is 11. The van der Waals surface area contributed by atoms with Crippen molar-refractivity contribution in [1.29, 1.82) is 0 Å². The van der Waals surface area contributed by atoms with E-state index >= 15 is 0 Å². The van der Waals surface area contributed by atoms with Gasteiger partial charge in [0.2, 0.25) is 6.41 Å². The highest BCUT2D eigenvalue weighted by Crippen LogP contribution is 2.29. The van der Waals surface area contributed by atoms with Crippen LogP contribution in [0.3, 0.4) is 0 Å². The average Bonchev–Trinajstić information content (AvgIpc) is 3.13. The van der Waals surface area contributed by atoms with E-state index in [9.17, 15) is 14.7 Å². The number of aromatic nitrogens is 1. The zero-order chi connectivity index (χ0) is 36.4. The molecule has 8 nitrogen and oxygen atoms in total. The topological polar surface area (TPSA) is 112 Å². The van der Waals surface area contributed by atoms with Gasteiger partial charge >= 0.3 is 0 Å². The van der Waals surface area contributed by atoms with E-state index in [0.29, 0.717) is 39.1 Å². The van der Waals surface area contributed by atoms with Gasteiger partial charge in [0.05, 0.1) is 18.3 Å². The maximum atomic E-state index is 11.5. The lowest BCUT2D eigenvalue weighted by atomic mass is 10.1. The molecule has 2 unspecified atom stereocenters. The van der Waals surface area contributed by atoms with Gasteiger partial charge in [0, 0.05) is 41.9 Å². The number of carbonyl (C=O) groups excluding carboxylic acids is 2. The smallest absolute Gasteiger partial charge is 0.254 e. The number of pyridine rings is 1. The number of hydrogen-bond acceptors (Lipinski definition) is 6. The maximum Gasteiger partial charge on any atom is 0.254 e. The van der Waals surface area contributed by atoms with Crippen LogP contribution in [-0.4, -0.2) is 64.3 Å². The molecule has 9 heteroatoms. The molecule has 0 aliphatic carbocycles. The molecule has 0 radical (unpaired) electrons. The number of para-hydroxylation sites is 1. The van der Waals surface area contributed by atoms with Crippen molar-refractivity contribution >= 4 is 23.9 Å². The Kier molecular flexibility index (Phi) is 22.2. The third-order valence-electron chi connectivity index (χ3n) is 6.95. The minimum atomic E-state index is -1.25. The first-order valence-electron chi connectivity index (χ1n) is 16.6. The van der Waals surface area contributed by atoms with E-state index < -0.39 is 12.2 Å². The normalized spacial score (nSPS) is 13.5. The van der Waals surface area contributed by atoms with E-state index in [4.69, 9.17) is 27.9 Å². The van der Waals surface area contributed by atoms with E-state index in [-0.39, 0.29) is 5.91 Å². The van der Waals surface area contributed by atoms with Crippen LogP contribution in [0, 0.1) is 19.3 Å². The molecule has 0 saturated carbocycles. The Labute approximate surface area is 297 Å². The fourth-order valence-electron chi connectivity index (χ4n) is 4.39. The predicted molar refractivity (Wildman–Crippen MR) is 200 cm³/mol. The SMILES string of the molecule is C#CC/C=C\C=C(/C)COc1ccccc1-c1ccc(CNC=O)nc1.CC.CC(O)C(O)C(=O)N1CCCCC1.Cc1cccc(Cl)c1. The summed E-state index contributed by atoms with van der Waals surface area (Å²) >= 11 is 5.64. The molecule has 3 N–H and O–H groups in total. The Morgan fingerprint density at radius 2 is 1.82 bits per heavy atom. The van der Waals surface area contributed by atoms with Gasteiger partial charge in [0.15, 0.2) is 6.10 Å². The van der Waals surface area contributed by atoms with Gasteiger partial charge < -0.3 is 25.2 Å². The van der Waals surface area contributed by atoms with Crippen LogP contribution in [0.5, 0.6) is 5.75 Å².